The summed E-state index contributed by atoms with van der Waals surface area (Å²) in [4.78, 5) is 24.1. The normalized spacial score (nSPS) is 23.6. The Morgan fingerprint density at radius 1 is 0.800 bits per heavy atom. The van der Waals surface area contributed by atoms with Crippen molar-refractivity contribution >= 4 is 0 Å². The number of hydrogen-bond donors (Lipinski definition) is 0. The van der Waals surface area contributed by atoms with Gasteiger partial charge in [0.15, 0.2) is 0 Å². The molecule has 1 fully saturated rings. The molecule has 1 atom stereocenters. The SMILES string of the molecule is CCC(C)(CC)OOC1(OOC(C)(CC)CC)CCCC(C)(C)C1C. The van der Waals surface area contributed by atoms with Gasteiger partial charge >= 0.3 is 0 Å². The molecule has 1 unspecified atom stereocenters. The van der Waals surface area contributed by atoms with Crippen molar-refractivity contribution in [2.75, 3.05) is 0 Å². The third kappa shape index (κ3) is 5.41. The van der Waals surface area contributed by atoms with Gasteiger partial charge in [-0.05, 0) is 57.8 Å². The molecule has 0 aromatic heterocycles. The summed E-state index contributed by atoms with van der Waals surface area (Å²) in [5.41, 5.74) is -0.512. The van der Waals surface area contributed by atoms with Crippen molar-refractivity contribution in [1.29, 1.82) is 0 Å². The van der Waals surface area contributed by atoms with E-state index < -0.39 is 5.79 Å². The van der Waals surface area contributed by atoms with Gasteiger partial charge in [-0.1, -0.05) is 48.5 Å². The Balaban J connectivity index is 3.01. The lowest BCUT2D eigenvalue weighted by molar-refractivity contribution is -0.564. The molecule has 1 rings (SSSR count). The van der Waals surface area contributed by atoms with Gasteiger partial charge in [0.05, 0.1) is 0 Å². The van der Waals surface area contributed by atoms with Crippen molar-refractivity contribution < 1.29 is 19.6 Å². The first-order valence-corrected chi connectivity index (χ1v) is 10.3. The zero-order chi connectivity index (χ0) is 19.4. The molecule has 1 aliphatic carbocycles. The van der Waals surface area contributed by atoms with Crippen LogP contribution in [0.5, 0.6) is 0 Å². The molecule has 0 amide bonds. The Hall–Kier alpha value is -0.160. The first-order valence-electron chi connectivity index (χ1n) is 10.3. The van der Waals surface area contributed by atoms with Gasteiger partial charge in [-0.15, -0.1) is 0 Å². The molecule has 1 aliphatic rings. The van der Waals surface area contributed by atoms with Crippen molar-refractivity contribution in [3.8, 4) is 0 Å². The summed E-state index contributed by atoms with van der Waals surface area (Å²) in [5, 5.41) is 0. The number of hydrogen-bond acceptors (Lipinski definition) is 4. The maximum atomic E-state index is 6.10. The third-order valence-electron chi connectivity index (χ3n) is 6.94. The molecule has 4 nitrogen and oxygen atoms in total. The minimum Gasteiger partial charge on any atom is -0.227 e. The molecule has 0 bridgehead atoms. The van der Waals surface area contributed by atoms with E-state index in [1.807, 2.05) is 0 Å². The molecule has 150 valence electrons. The highest BCUT2D eigenvalue weighted by molar-refractivity contribution is 4.91. The van der Waals surface area contributed by atoms with E-state index in [1.54, 1.807) is 0 Å². The van der Waals surface area contributed by atoms with Crippen LogP contribution in [0, 0.1) is 11.3 Å². The molecule has 0 aromatic rings. The molecular weight excluding hydrogens is 316 g/mol. The lowest BCUT2D eigenvalue weighted by atomic mass is 9.66. The maximum absolute atomic E-state index is 6.10. The van der Waals surface area contributed by atoms with Crippen molar-refractivity contribution in [2.45, 2.75) is 124 Å². The first kappa shape index (κ1) is 22.9. The van der Waals surface area contributed by atoms with Crippen molar-refractivity contribution in [3.63, 3.8) is 0 Å². The summed E-state index contributed by atoms with van der Waals surface area (Å²) in [7, 11) is 0. The molecule has 0 saturated heterocycles. The van der Waals surface area contributed by atoms with E-state index in [-0.39, 0.29) is 22.5 Å². The molecule has 25 heavy (non-hydrogen) atoms. The summed E-state index contributed by atoms with van der Waals surface area (Å²) in [6, 6.07) is 0. The lowest BCUT2D eigenvalue weighted by Crippen LogP contribution is -2.53. The molecule has 0 spiro atoms. The first-order chi connectivity index (χ1) is 11.5. The fourth-order valence-corrected chi connectivity index (χ4v) is 3.14. The summed E-state index contributed by atoms with van der Waals surface area (Å²) in [5.74, 6) is -0.705. The maximum Gasteiger partial charge on any atom is 0.237 e. The van der Waals surface area contributed by atoms with Gasteiger partial charge in [0.2, 0.25) is 5.79 Å². The van der Waals surface area contributed by atoms with E-state index >= 15 is 0 Å². The van der Waals surface area contributed by atoms with Crippen LogP contribution in [0.3, 0.4) is 0 Å². The van der Waals surface area contributed by atoms with Crippen LogP contribution in [-0.4, -0.2) is 17.0 Å². The molecule has 1 saturated carbocycles. The smallest absolute Gasteiger partial charge is 0.227 e. The summed E-state index contributed by atoms with van der Waals surface area (Å²) >= 11 is 0. The zero-order valence-corrected chi connectivity index (χ0v) is 18.2. The van der Waals surface area contributed by atoms with E-state index in [0.29, 0.717) is 0 Å². The van der Waals surface area contributed by atoms with Gasteiger partial charge in [-0.25, -0.2) is 9.78 Å². The summed E-state index contributed by atoms with van der Waals surface area (Å²) in [6.45, 7) is 19.4. The van der Waals surface area contributed by atoms with Gasteiger partial charge in [0.25, 0.3) is 0 Å². The predicted octanol–water partition coefficient (Wildman–Crippen LogP) is 6.58. The highest BCUT2D eigenvalue weighted by Crippen LogP contribution is 2.49. The average Bonchev–Trinajstić information content (AvgIpc) is 2.61. The van der Waals surface area contributed by atoms with E-state index in [1.165, 1.54) is 0 Å². The second kappa shape index (κ2) is 8.69. The van der Waals surface area contributed by atoms with Crippen LogP contribution in [0.2, 0.25) is 0 Å². The molecule has 0 aromatic carbocycles. The topological polar surface area (TPSA) is 36.9 Å². The van der Waals surface area contributed by atoms with Crippen LogP contribution in [0.1, 0.15) is 107 Å². The van der Waals surface area contributed by atoms with Gasteiger partial charge in [0, 0.05) is 12.3 Å². The van der Waals surface area contributed by atoms with E-state index in [9.17, 15) is 0 Å². The molecule has 0 aliphatic heterocycles. The molecule has 0 heterocycles. The van der Waals surface area contributed by atoms with E-state index in [0.717, 1.165) is 44.9 Å². The van der Waals surface area contributed by atoms with Crippen molar-refractivity contribution in [3.05, 3.63) is 0 Å². The van der Waals surface area contributed by atoms with Crippen molar-refractivity contribution in [1.82, 2.24) is 0 Å². The quantitative estimate of drug-likeness (QED) is 0.251. The zero-order valence-electron chi connectivity index (χ0n) is 18.2. The Morgan fingerprint density at radius 3 is 1.56 bits per heavy atom. The van der Waals surface area contributed by atoms with Crippen LogP contribution in [0.25, 0.3) is 0 Å². The Kier molecular flexibility index (Phi) is 7.95. The Labute approximate surface area is 155 Å². The average molecular weight is 359 g/mol. The van der Waals surface area contributed by atoms with E-state index in [2.05, 4.69) is 62.3 Å². The molecular formula is C21H42O4. The van der Waals surface area contributed by atoms with Gasteiger partial charge in [-0.3, -0.25) is 0 Å². The third-order valence-corrected chi connectivity index (χ3v) is 6.94. The Morgan fingerprint density at radius 2 is 1.20 bits per heavy atom. The molecule has 0 radical (unpaired) electrons. The summed E-state index contributed by atoms with van der Waals surface area (Å²) in [6.07, 6.45) is 6.53. The van der Waals surface area contributed by atoms with Gasteiger partial charge in [0.1, 0.15) is 11.2 Å². The highest BCUT2D eigenvalue weighted by atomic mass is 17.3. The van der Waals surface area contributed by atoms with Gasteiger partial charge in [-0.2, -0.15) is 9.78 Å². The minimum absolute atomic E-state index is 0.106. The minimum atomic E-state index is -0.862. The van der Waals surface area contributed by atoms with Crippen molar-refractivity contribution in [2.24, 2.45) is 11.3 Å². The van der Waals surface area contributed by atoms with Crippen LogP contribution in [0.4, 0.5) is 0 Å². The highest BCUT2D eigenvalue weighted by Gasteiger charge is 2.53. The monoisotopic (exact) mass is 358 g/mol. The fourth-order valence-electron chi connectivity index (χ4n) is 3.14. The van der Waals surface area contributed by atoms with E-state index in [4.69, 9.17) is 19.6 Å². The largest absolute Gasteiger partial charge is 0.237 e. The van der Waals surface area contributed by atoms with Gasteiger partial charge < -0.3 is 0 Å². The second-order valence-corrected chi connectivity index (χ2v) is 9.02. The van der Waals surface area contributed by atoms with Crippen LogP contribution >= 0.6 is 0 Å². The van der Waals surface area contributed by atoms with Crippen LogP contribution in [-0.2, 0) is 19.6 Å². The second-order valence-electron chi connectivity index (χ2n) is 9.02. The predicted molar refractivity (Wildman–Crippen MR) is 102 cm³/mol. The molecule has 4 heteroatoms. The molecule has 0 N–H and O–H groups in total. The number of rotatable bonds is 10. The lowest BCUT2D eigenvalue weighted by Gasteiger charge is -2.49. The van der Waals surface area contributed by atoms with Crippen LogP contribution in [0.15, 0.2) is 0 Å². The fraction of sp³-hybridized carbons (Fsp3) is 1.00. The standard InChI is InChI=1S/C21H42O4/c1-10-19(8,11-2)22-24-21(25-23-20(9,12-3)13-4)16-14-15-18(6,7)17(21)5/h17H,10-16H2,1-9H3. The summed E-state index contributed by atoms with van der Waals surface area (Å²) < 4.78 is 0. The Bertz CT molecular complexity index is 375. The van der Waals surface area contributed by atoms with Crippen LogP contribution < -0.4 is 0 Å².